The van der Waals surface area contributed by atoms with Crippen molar-refractivity contribution in [2.75, 3.05) is 0 Å². The van der Waals surface area contributed by atoms with E-state index in [4.69, 9.17) is 11.6 Å². The minimum Gasteiger partial charge on any atom is -0.329 e. The highest BCUT2D eigenvalue weighted by molar-refractivity contribution is 6.30. The molecule has 0 amide bonds. The quantitative estimate of drug-likeness (QED) is 0.606. The second-order valence-corrected chi connectivity index (χ2v) is 5.80. The second kappa shape index (κ2) is 5.48. The number of aryl methyl sites for hydroxylation is 1. The van der Waals surface area contributed by atoms with Crippen molar-refractivity contribution in [2.45, 2.75) is 6.92 Å². The zero-order chi connectivity index (χ0) is 16.7. The van der Waals surface area contributed by atoms with Gasteiger partial charge in [0.2, 0.25) is 0 Å². The van der Waals surface area contributed by atoms with Gasteiger partial charge in [-0.2, -0.15) is 5.26 Å². The summed E-state index contributed by atoms with van der Waals surface area (Å²) in [5.74, 6) is 0.615. The maximum absolute atomic E-state index is 9.52. The van der Waals surface area contributed by atoms with E-state index in [2.05, 4.69) is 26.0 Å². The molecule has 0 saturated carbocycles. The minimum atomic E-state index is 0.544. The number of nitrogens with zero attached hydrogens (tertiary/aromatic N) is 5. The fraction of sp³-hybridized carbons (Fsp3) is 0.0588. The number of halogens is 1. The van der Waals surface area contributed by atoms with Crippen LogP contribution >= 0.6 is 11.6 Å². The topological polar surface area (TPSA) is 83.2 Å². The van der Waals surface area contributed by atoms with Crippen LogP contribution in [0.5, 0.6) is 0 Å². The monoisotopic (exact) mass is 334 g/mol. The molecule has 1 N–H and O–H groups in total. The van der Waals surface area contributed by atoms with Crippen molar-refractivity contribution in [3.05, 3.63) is 59.4 Å². The molecule has 0 unspecified atom stereocenters. The molecule has 0 bridgehead atoms. The lowest BCUT2D eigenvalue weighted by molar-refractivity contribution is 1.000. The minimum absolute atomic E-state index is 0.544. The average molecular weight is 335 g/mol. The second-order valence-electron chi connectivity index (χ2n) is 5.36. The van der Waals surface area contributed by atoms with Gasteiger partial charge in [-0.15, -0.1) is 0 Å². The number of imidazole rings is 1. The molecule has 6 nitrogen and oxygen atoms in total. The van der Waals surface area contributed by atoms with E-state index in [0.29, 0.717) is 27.6 Å². The number of hydrogen-bond donors (Lipinski definition) is 1. The Balaban J connectivity index is 1.95. The van der Waals surface area contributed by atoms with Gasteiger partial charge in [0.15, 0.2) is 17.0 Å². The van der Waals surface area contributed by atoms with Gasteiger partial charge < -0.3 is 9.55 Å². The molecule has 3 aromatic heterocycles. The van der Waals surface area contributed by atoms with E-state index >= 15 is 0 Å². The third kappa shape index (κ3) is 2.23. The summed E-state index contributed by atoms with van der Waals surface area (Å²) in [6.45, 7) is 1.99. The van der Waals surface area contributed by atoms with Gasteiger partial charge in [-0.25, -0.2) is 15.0 Å². The number of aromatic amines is 1. The van der Waals surface area contributed by atoms with Crippen molar-refractivity contribution in [2.24, 2.45) is 0 Å². The lowest BCUT2D eigenvalue weighted by Crippen LogP contribution is -1.96. The lowest BCUT2D eigenvalue weighted by atomic mass is 10.0. The average Bonchev–Trinajstić information content (AvgIpc) is 3.23. The fourth-order valence-corrected chi connectivity index (χ4v) is 2.88. The summed E-state index contributed by atoms with van der Waals surface area (Å²) in [5.41, 5.74) is 4.60. The number of nitrogens with one attached hydrogen (secondary N) is 1. The van der Waals surface area contributed by atoms with E-state index in [1.54, 1.807) is 17.1 Å². The van der Waals surface area contributed by atoms with E-state index in [0.717, 1.165) is 16.7 Å². The molecular formula is C17H11ClN6. The van der Waals surface area contributed by atoms with Crippen molar-refractivity contribution in [1.29, 1.82) is 5.26 Å². The number of benzene rings is 1. The molecule has 116 valence electrons. The summed E-state index contributed by atoms with van der Waals surface area (Å²) in [5, 5.41) is 10.2. The predicted molar refractivity (Wildman–Crippen MR) is 90.9 cm³/mol. The third-order valence-electron chi connectivity index (χ3n) is 3.88. The first-order chi connectivity index (χ1) is 11.7. The fourth-order valence-electron chi connectivity index (χ4n) is 2.71. The molecule has 0 aliphatic rings. The summed E-state index contributed by atoms with van der Waals surface area (Å²) in [4.78, 5) is 15.7. The first kappa shape index (κ1) is 14.4. The molecule has 3 heterocycles. The van der Waals surface area contributed by atoms with E-state index in [1.165, 1.54) is 6.33 Å². The Morgan fingerprint density at radius 1 is 1.17 bits per heavy atom. The Hall–Kier alpha value is -3.17. The van der Waals surface area contributed by atoms with Crippen LogP contribution in [0.2, 0.25) is 5.02 Å². The molecule has 0 atom stereocenters. The summed E-state index contributed by atoms with van der Waals surface area (Å²) >= 11 is 6.13. The Morgan fingerprint density at radius 3 is 2.88 bits per heavy atom. The Kier molecular flexibility index (Phi) is 3.29. The first-order valence-electron chi connectivity index (χ1n) is 7.20. The van der Waals surface area contributed by atoms with Crippen LogP contribution in [0.15, 0.2) is 43.2 Å². The van der Waals surface area contributed by atoms with E-state index in [-0.39, 0.29) is 0 Å². The summed E-state index contributed by atoms with van der Waals surface area (Å²) in [7, 11) is 0. The van der Waals surface area contributed by atoms with Crippen LogP contribution in [-0.4, -0.2) is 24.5 Å². The summed E-state index contributed by atoms with van der Waals surface area (Å²) in [6, 6.07) is 7.87. The highest BCUT2D eigenvalue weighted by atomic mass is 35.5. The molecule has 0 saturated heterocycles. The zero-order valence-corrected chi connectivity index (χ0v) is 13.4. The van der Waals surface area contributed by atoms with Crippen LogP contribution < -0.4 is 0 Å². The highest BCUT2D eigenvalue weighted by Gasteiger charge is 2.15. The van der Waals surface area contributed by atoms with Gasteiger partial charge >= 0.3 is 0 Å². The maximum Gasteiger partial charge on any atom is 0.168 e. The van der Waals surface area contributed by atoms with Crippen LogP contribution in [0, 0.1) is 18.3 Å². The van der Waals surface area contributed by atoms with Gasteiger partial charge in [0.25, 0.3) is 0 Å². The Bertz CT molecular complexity index is 1100. The van der Waals surface area contributed by atoms with Gasteiger partial charge in [-0.3, -0.25) is 0 Å². The molecule has 7 heteroatoms. The number of aromatic nitrogens is 5. The van der Waals surface area contributed by atoms with Crippen molar-refractivity contribution >= 4 is 22.8 Å². The standard InChI is InChI=1S/C17H11ClN6/c1-10-2-3-12(18)4-13(10)14-7-24(6-11(14)5-19)17-15-16(21-8-20-15)22-9-23-17/h2-4,6-9H,1H3,(H,20,21,22,23). The van der Waals surface area contributed by atoms with Crippen LogP contribution in [-0.2, 0) is 0 Å². The normalized spacial score (nSPS) is 10.9. The molecule has 4 rings (SSSR count). The number of H-pyrrole nitrogens is 1. The number of nitriles is 1. The summed E-state index contributed by atoms with van der Waals surface area (Å²) < 4.78 is 1.79. The molecule has 4 aromatic rings. The number of hydrogen-bond acceptors (Lipinski definition) is 4. The smallest absolute Gasteiger partial charge is 0.168 e. The van der Waals surface area contributed by atoms with E-state index < -0.39 is 0 Å². The molecule has 0 aliphatic carbocycles. The van der Waals surface area contributed by atoms with Gasteiger partial charge in [0, 0.05) is 23.0 Å². The van der Waals surface area contributed by atoms with Crippen molar-refractivity contribution < 1.29 is 0 Å². The number of fused-ring (bicyclic) bond motifs is 1. The zero-order valence-electron chi connectivity index (χ0n) is 12.7. The van der Waals surface area contributed by atoms with E-state index in [9.17, 15) is 5.26 Å². The van der Waals surface area contributed by atoms with Crippen LogP contribution in [0.4, 0.5) is 0 Å². The number of rotatable bonds is 2. The van der Waals surface area contributed by atoms with Gasteiger partial charge in [0.1, 0.15) is 12.4 Å². The maximum atomic E-state index is 9.52. The van der Waals surface area contributed by atoms with Crippen LogP contribution in [0.3, 0.4) is 0 Å². The van der Waals surface area contributed by atoms with Gasteiger partial charge in [-0.1, -0.05) is 17.7 Å². The summed E-state index contributed by atoms with van der Waals surface area (Å²) in [6.07, 6.45) is 6.64. The Labute approximate surface area is 142 Å². The molecule has 24 heavy (non-hydrogen) atoms. The molecule has 0 spiro atoms. The first-order valence-corrected chi connectivity index (χ1v) is 7.58. The highest BCUT2D eigenvalue weighted by Crippen LogP contribution is 2.31. The molecule has 0 radical (unpaired) electrons. The molecule has 0 aliphatic heterocycles. The van der Waals surface area contributed by atoms with E-state index in [1.807, 2.05) is 31.3 Å². The van der Waals surface area contributed by atoms with Crippen molar-refractivity contribution in [3.63, 3.8) is 0 Å². The van der Waals surface area contributed by atoms with Crippen molar-refractivity contribution in [1.82, 2.24) is 24.5 Å². The third-order valence-corrected chi connectivity index (χ3v) is 4.11. The predicted octanol–water partition coefficient (Wildman–Crippen LogP) is 3.64. The van der Waals surface area contributed by atoms with Crippen molar-refractivity contribution in [3.8, 4) is 23.0 Å². The molecular weight excluding hydrogens is 324 g/mol. The van der Waals surface area contributed by atoms with Crippen LogP contribution in [0.25, 0.3) is 28.1 Å². The molecule has 1 aromatic carbocycles. The molecule has 0 fully saturated rings. The SMILES string of the molecule is Cc1ccc(Cl)cc1-c1cn(-c2ncnc3[nH]cnc23)cc1C#N. The Morgan fingerprint density at radius 2 is 2.04 bits per heavy atom. The van der Waals surface area contributed by atoms with Gasteiger partial charge in [-0.05, 0) is 30.2 Å². The lowest BCUT2D eigenvalue weighted by Gasteiger charge is -2.05. The van der Waals surface area contributed by atoms with Crippen LogP contribution in [0.1, 0.15) is 11.1 Å². The largest absolute Gasteiger partial charge is 0.329 e. The van der Waals surface area contributed by atoms with Gasteiger partial charge in [0.05, 0.1) is 11.9 Å².